The van der Waals surface area contributed by atoms with Gasteiger partial charge >= 0.3 is 0 Å². The number of rotatable bonds is 7. The Hall–Kier alpha value is -1.72. The van der Waals surface area contributed by atoms with Gasteiger partial charge in [-0.05, 0) is 11.1 Å². The van der Waals surface area contributed by atoms with Gasteiger partial charge in [0.2, 0.25) is 0 Å². The molecule has 1 atom stereocenters. The monoisotopic (exact) mass is 342 g/mol. The minimum absolute atomic E-state index is 0.135. The van der Waals surface area contributed by atoms with Crippen molar-refractivity contribution in [1.29, 1.82) is 0 Å². The maximum Gasteiger partial charge on any atom is 0.127 e. The molecule has 0 spiro atoms. The first-order chi connectivity index (χ1) is 12.2. The van der Waals surface area contributed by atoms with E-state index in [0.717, 1.165) is 30.8 Å². The quantitative estimate of drug-likeness (QED) is 0.639. The third kappa shape index (κ3) is 5.38. The van der Waals surface area contributed by atoms with E-state index in [1.165, 1.54) is 18.0 Å². The Bertz CT molecular complexity index is 573. The predicted octanol–water partition coefficient (Wildman–Crippen LogP) is -0.433. The Balaban J connectivity index is 1.59. The van der Waals surface area contributed by atoms with Crippen molar-refractivity contribution in [3.8, 4) is 0 Å². The normalized spacial score (nSPS) is 22.0. The highest BCUT2D eigenvalue weighted by atomic mass is 16.5. The van der Waals surface area contributed by atoms with E-state index in [1.54, 1.807) is 4.90 Å². The van der Waals surface area contributed by atoms with E-state index in [0.29, 0.717) is 6.61 Å². The van der Waals surface area contributed by atoms with Crippen molar-refractivity contribution in [3.63, 3.8) is 0 Å². The molecule has 2 aromatic rings. The molecule has 1 fully saturated rings. The molecule has 0 bridgehead atoms. The summed E-state index contributed by atoms with van der Waals surface area (Å²) in [6.07, 6.45) is -0.563. The van der Waals surface area contributed by atoms with Crippen LogP contribution in [0.5, 0.6) is 0 Å². The minimum Gasteiger partial charge on any atom is -0.385 e. The van der Waals surface area contributed by atoms with E-state index in [2.05, 4.69) is 31.3 Å². The maximum absolute atomic E-state index is 10.5. The molecule has 1 saturated heterocycles. The summed E-state index contributed by atoms with van der Waals surface area (Å²) >= 11 is 0. The van der Waals surface area contributed by atoms with Crippen molar-refractivity contribution in [2.45, 2.75) is 12.2 Å². The van der Waals surface area contributed by atoms with Crippen molar-refractivity contribution < 1.29 is 19.6 Å². The van der Waals surface area contributed by atoms with Gasteiger partial charge in [0.1, 0.15) is 44.9 Å². The van der Waals surface area contributed by atoms with Gasteiger partial charge in [0, 0.05) is 0 Å². The average Bonchev–Trinajstić information content (AvgIpc) is 2.66. The number of ether oxygens (including phenoxy) is 1. The maximum atomic E-state index is 10.5. The molecule has 1 aliphatic rings. The van der Waals surface area contributed by atoms with Crippen LogP contribution in [0.25, 0.3) is 0 Å². The molecule has 0 aromatic heterocycles. The van der Waals surface area contributed by atoms with Gasteiger partial charge in [-0.1, -0.05) is 60.7 Å². The lowest BCUT2D eigenvalue weighted by atomic mass is 10.0. The number of benzene rings is 2. The van der Waals surface area contributed by atoms with E-state index in [4.69, 9.17) is 4.74 Å². The Labute approximate surface area is 150 Å². The molecule has 1 aliphatic heterocycles. The number of piperazine rings is 1. The Morgan fingerprint density at radius 3 is 1.92 bits per heavy atom. The summed E-state index contributed by atoms with van der Waals surface area (Å²) in [5.41, 5.74) is 2.24. The molecule has 3 N–H and O–H groups in total. The first-order valence-corrected chi connectivity index (χ1v) is 9.27. The Kier molecular flexibility index (Phi) is 6.59. The van der Waals surface area contributed by atoms with Crippen LogP contribution in [0.15, 0.2) is 60.7 Å². The lowest BCUT2D eigenvalue weighted by Gasteiger charge is -2.29. The van der Waals surface area contributed by atoms with E-state index in [1.807, 2.05) is 36.4 Å². The summed E-state index contributed by atoms with van der Waals surface area (Å²) in [7, 11) is 2.24. The van der Waals surface area contributed by atoms with Gasteiger partial charge in [0.15, 0.2) is 0 Å². The van der Waals surface area contributed by atoms with E-state index < -0.39 is 6.10 Å². The van der Waals surface area contributed by atoms with Crippen LogP contribution in [0.4, 0.5) is 0 Å². The molecule has 0 radical (unpaired) electrons. The highest BCUT2D eigenvalue weighted by Gasteiger charge is 2.24. The molecule has 2 aromatic carbocycles. The molecular weight excluding hydrogens is 312 g/mol. The van der Waals surface area contributed by atoms with E-state index >= 15 is 0 Å². The molecule has 0 unspecified atom stereocenters. The Morgan fingerprint density at radius 1 is 0.880 bits per heavy atom. The van der Waals surface area contributed by atoms with Crippen LogP contribution in [-0.2, 0) is 4.74 Å². The van der Waals surface area contributed by atoms with Gasteiger partial charge in [0.05, 0.1) is 13.7 Å². The first kappa shape index (κ1) is 18.1. The van der Waals surface area contributed by atoms with Gasteiger partial charge in [-0.2, -0.15) is 0 Å². The molecule has 1 heterocycles. The number of aliphatic hydroxyl groups excluding tert-OH is 1. The molecule has 134 valence electrons. The van der Waals surface area contributed by atoms with E-state index in [9.17, 15) is 5.11 Å². The van der Waals surface area contributed by atoms with Crippen molar-refractivity contribution in [1.82, 2.24) is 0 Å². The summed E-state index contributed by atoms with van der Waals surface area (Å²) in [6, 6.07) is 20.5. The molecule has 25 heavy (non-hydrogen) atoms. The van der Waals surface area contributed by atoms with Gasteiger partial charge in [-0.15, -0.1) is 0 Å². The highest BCUT2D eigenvalue weighted by molar-refractivity contribution is 5.29. The fourth-order valence-corrected chi connectivity index (χ4v) is 3.47. The van der Waals surface area contributed by atoms with Crippen LogP contribution in [0.1, 0.15) is 17.2 Å². The van der Waals surface area contributed by atoms with Gasteiger partial charge in [-0.3, -0.25) is 0 Å². The number of likely N-dealkylation sites (N-methyl/N-ethyl adjacent to an activating group) is 1. The molecular formula is C21H30N2O2+2. The van der Waals surface area contributed by atoms with Crippen LogP contribution in [-0.4, -0.2) is 57.6 Å². The van der Waals surface area contributed by atoms with Gasteiger partial charge in [0.25, 0.3) is 0 Å². The SMILES string of the molecule is C[NH+]1CC[NH+](C[C@H](O)COC(c2ccccc2)c2ccccc2)CC1. The van der Waals surface area contributed by atoms with Crippen molar-refractivity contribution in [2.24, 2.45) is 0 Å². The van der Waals surface area contributed by atoms with Gasteiger partial charge in [-0.25, -0.2) is 0 Å². The summed E-state index contributed by atoms with van der Waals surface area (Å²) in [5, 5.41) is 10.5. The molecule has 4 heteroatoms. The van der Waals surface area contributed by atoms with Crippen LogP contribution in [0, 0.1) is 0 Å². The molecule has 0 amide bonds. The van der Waals surface area contributed by atoms with Crippen LogP contribution in [0.3, 0.4) is 0 Å². The minimum atomic E-state index is -0.427. The van der Waals surface area contributed by atoms with Gasteiger partial charge < -0.3 is 19.6 Å². The fourth-order valence-electron chi connectivity index (χ4n) is 3.47. The summed E-state index contributed by atoms with van der Waals surface area (Å²) < 4.78 is 6.17. The predicted molar refractivity (Wildman–Crippen MR) is 98.9 cm³/mol. The fraction of sp³-hybridized carbons (Fsp3) is 0.429. The number of quaternary nitrogens is 2. The largest absolute Gasteiger partial charge is 0.385 e. The van der Waals surface area contributed by atoms with Crippen LogP contribution < -0.4 is 9.80 Å². The second-order valence-corrected chi connectivity index (χ2v) is 7.10. The number of nitrogens with one attached hydrogen (secondary N) is 2. The molecule has 0 aliphatic carbocycles. The van der Waals surface area contributed by atoms with Crippen molar-refractivity contribution >= 4 is 0 Å². The number of aliphatic hydroxyl groups is 1. The zero-order chi connectivity index (χ0) is 17.5. The third-order valence-electron chi connectivity index (χ3n) is 4.99. The number of hydrogen-bond donors (Lipinski definition) is 3. The average molecular weight is 342 g/mol. The standard InChI is InChI=1S/C21H28N2O2/c1-22-12-14-23(15-13-22)16-20(24)17-25-21(18-8-4-2-5-9-18)19-10-6-3-7-11-19/h2-11,20-21,24H,12-17H2,1H3/p+2/t20-/m0/s1. The second-order valence-electron chi connectivity index (χ2n) is 7.10. The zero-order valence-corrected chi connectivity index (χ0v) is 15.0. The van der Waals surface area contributed by atoms with Crippen molar-refractivity contribution in [3.05, 3.63) is 71.8 Å². The third-order valence-corrected chi connectivity index (χ3v) is 4.99. The lowest BCUT2D eigenvalue weighted by molar-refractivity contribution is -1.00. The Morgan fingerprint density at radius 2 is 1.40 bits per heavy atom. The summed E-state index contributed by atoms with van der Waals surface area (Å²) in [6.45, 7) is 5.75. The number of hydrogen-bond acceptors (Lipinski definition) is 2. The van der Waals surface area contributed by atoms with E-state index in [-0.39, 0.29) is 6.10 Å². The first-order valence-electron chi connectivity index (χ1n) is 9.27. The highest BCUT2D eigenvalue weighted by Crippen LogP contribution is 2.25. The van der Waals surface area contributed by atoms with Crippen molar-refractivity contribution in [2.75, 3.05) is 46.4 Å². The second kappa shape index (κ2) is 9.11. The summed E-state index contributed by atoms with van der Waals surface area (Å²) in [4.78, 5) is 3.07. The smallest absolute Gasteiger partial charge is 0.127 e. The van der Waals surface area contributed by atoms with Crippen LogP contribution >= 0.6 is 0 Å². The lowest BCUT2D eigenvalue weighted by Crippen LogP contribution is -3.27. The van der Waals surface area contributed by atoms with Crippen LogP contribution in [0.2, 0.25) is 0 Å². The molecule has 3 rings (SSSR count). The summed E-state index contributed by atoms with van der Waals surface area (Å²) in [5.74, 6) is 0. The zero-order valence-electron chi connectivity index (χ0n) is 15.0. The topological polar surface area (TPSA) is 38.3 Å². The molecule has 0 saturated carbocycles. The molecule has 4 nitrogen and oxygen atoms in total.